The van der Waals surface area contributed by atoms with Crippen LogP contribution in [-0.2, 0) is 0 Å². The van der Waals surface area contributed by atoms with Crippen LogP contribution in [0, 0.1) is 5.92 Å². The second kappa shape index (κ2) is 9.11. The SMILES string of the molecule is CC(C)COc1ccc(C(O)CCN2CCCNCC2)cc1N. The smallest absolute Gasteiger partial charge is 0.142 e. The van der Waals surface area contributed by atoms with Gasteiger partial charge in [0.15, 0.2) is 0 Å². The topological polar surface area (TPSA) is 70.8 Å². The Bertz CT molecular complexity index is 471. The standard InChI is InChI=1S/C18H31N3O2/c1-14(2)13-23-18-5-4-15(12-16(18)19)17(22)6-10-21-9-3-7-20-8-11-21/h4-5,12,14,17,20,22H,3,6-11,13,19H2,1-2H3. The van der Waals surface area contributed by atoms with Crippen molar-refractivity contribution in [2.45, 2.75) is 32.8 Å². The molecule has 1 fully saturated rings. The van der Waals surface area contributed by atoms with Gasteiger partial charge in [0.2, 0.25) is 0 Å². The number of nitrogens with one attached hydrogen (secondary N) is 1. The van der Waals surface area contributed by atoms with Crippen molar-refractivity contribution in [2.24, 2.45) is 5.92 Å². The highest BCUT2D eigenvalue weighted by atomic mass is 16.5. The Balaban J connectivity index is 1.86. The van der Waals surface area contributed by atoms with Crippen molar-refractivity contribution in [3.8, 4) is 5.75 Å². The minimum absolute atomic E-state index is 0.461. The van der Waals surface area contributed by atoms with Crippen molar-refractivity contribution in [3.05, 3.63) is 23.8 Å². The second-order valence-corrected chi connectivity index (χ2v) is 6.75. The van der Waals surface area contributed by atoms with Gasteiger partial charge in [-0.1, -0.05) is 19.9 Å². The maximum absolute atomic E-state index is 10.4. The molecule has 1 aromatic rings. The van der Waals surface area contributed by atoms with E-state index in [-0.39, 0.29) is 0 Å². The molecule has 0 aromatic heterocycles. The molecule has 0 saturated carbocycles. The molecular weight excluding hydrogens is 290 g/mol. The summed E-state index contributed by atoms with van der Waals surface area (Å²) in [5.41, 5.74) is 7.52. The molecule has 1 unspecified atom stereocenters. The molecule has 1 saturated heterocycles. The third-order valence-corrected chi connectivity index (χ3v) is 4.14. The Morgan fingerprint density at radius 2 is 2.13 bits per heavy atom. The summed E-state index contributed by atoms with van der Waals surface area (Å²) in [7, 11) is 0. The van der Waals surface area contributed by atoms with E-state index in [9.17, 15) is 5.11 Å². The van der Waals surface area contributed by atoms with Crippen molar-refractivity contribution in [1.82, 2.24) is 10.2 Å². The Morgan fingerprint density at radius 1 is 1.30 bits per heavy atom. The maximum atomic E-state index is 10.4. The predicted molar refractivity (Wildman–Crippen MR) is 94.7 cm³/mol. The highest BCUT2D eigenvalue weighted by Gasteiger charge is 2.14. The van der Waals surface area contributed by atoms with Crippen LogP contribution in [0.25, 0.3) is 0 Å². The molecule has 5 nitrogen and oxygen atoms in total. The Labute approximate surface area is 139 Å². The van der Waals surface area contributed by atoms with E-state index >= 15 is 0 Å². The lowest BCUT2D eigenvalue weighted by Crippen LogP contribution is -2.29. The molecule has 2 rings (SSSR count). The van der Waals surface area contributed by atoms with Gasteiger partial charge >= 0.3 is 0 Å². The van der Waals surface area contributed by atoms with Crippen molar-refractivity contribution in [2.75, 3.05) is 45.1 Å². The van der Waals surface area contributed by atoms with Gasteiger partial charge in [-0.3, -0.25) is 0 Å². The van der Waals surface area contributed by atoms with E-state index in [0.29, 0.717) is 24.0 Å². The van der Waals surface area contributed by atoms with E-state index in [1.807, 2.05) is 18.2 Å². The lowest BCUT2D eigenvalue weighted by Gasteiger charge is -2.21. The number of aliphatic hydroxyl groups excluding tert-OH is 1. The van der Waals surface area contributed by atoms with E-state index in [1.54, 1.807) is 0 Å². The van der Waals surface area contributed by atoms with Crippen LogP contribution in [0.15, 0.2) is 18.2 Å². The van der Waals surface area contributed by atoms with Gasteiger partial charge in [-0.2, -0.15) is 0 Å². The fourth-order valence-corrected chi connectivity index (χ4v) is 2.76. The van der Waals surface area contributed by atoms with Crippen LogP contribution in [0.3, 0.4) is 0 Å². The zero-order valence-corrected chi connectivity index (χ0v) is 14.4. The summed E-state index contributed by atoms with van der Waals surface area (Å²) >= 11 is 0. The summed E-state index contributed by atoms with van der Waals surface area (Å²) in [6.07, 6.45) is 1.42. The first-order chi connectivity index (χ1) is 11.1. The molecule has 1 aliphatic heterocycles. The first-order valence-electron chi connectivity index (χ1n) is 8.69. The fourth-order valence-electron chi connectivity index (χ4n) is 2.76. The fraction of sp³-hybridized carbons (Fsp3) is 0.667. The minimum atomic E-state index is -0.479. The van der Waals surface area contributed by atoms with Crippen LogP contribution in [0.4, 0.5) is 5.69 Å². The highest BCUT2D eigenvalue weighted by Crippen LogP contribution is 2.27. The van der Waals surface area contributed by atoms with Crippen LogP contribution in [-0.4, -0.2) is 49.3 Å². The number of nitrogens with zero attached hydrogens (tertiary/aromatic N) is 1. The second-order valence-electron chi connectivity index (χ2n) is 6.75. The molecule has 130 valence electrons. The molecule has 0 amide bonds. The lowest BCUT2D eigenvalue weighted by molar-refractivity contribution is 0.144. The van der Waals surface area contributed by atoms with E-state index in [2.05, 4.69) is 24.1 Å². The predicted octanol–water partition coefficient (Wildman–Crippen LogP) is 2.02. The molecule has 1 atom stereocenters. The molecule has 0 radical (unpaired) electrons. The van der Waals surface area contributed by atoms with Crippen LogP contribution in [0.5, 0.6) is 5.75 Å². The third kappa shape index (κ3) is 6.01. The summed E-state index contributed by atoms with van der Waals surface area (Å²) < 4.78 is 5.68. The molecular formula is C18H31N3O2. The van der Waals surface area contributed by atoms with Gasteiger partial charge in [0.25, 0.3) is 0 Å². The summed E-state index contributed by atoms with van der Waals surface area (Å²) in [5, 5.41) is 13.8. The molecule has 5 heteroatoms. The quantitative estimate of drug-likeness (QED) is 0.670. The first-order valence-corrected chi connectivity index (χ1v) is 8.69. The first kappa shape index (κ1) is 18.0. The van der Waals surface area contributed by atoms with Gasteiger partial charge in [-0.15, -0.1) is 0 Å². The summed E-state index contributed by atoms with van der Waals surface area (Å²) in [5.74, 6) is 1.16. The number of nitrogens with two attached hydrogens (primary N) is 1. The van der Waals surface area contributed by atoms with Crippen molar-refractivity contribution >= 4 is 5.69 Å². The Kier molecular flexibility index (Phi) is 7.15. The monoisotopic (exact) mass is 321 g/mol. The average molecular weight is 321 g/mol. The van der Waals surface area contributed by atoms with Gasteiger partial charge in [-0.05, 0) is 49.5 Å². The average Bonchev–Trinajstić information content (AvgIpc) is 2.80. The molecule has 1 aliphatic rings. The van der Waals surface area contributed by atoms with Crippen molar-refractivity contribution in [1.29, 1.82) is 0 Å². The van der Waals surface area contributed by atoms with Gasteiger partial charge in [0.1, 0.15) is 5.75 Å². The number of hydrogen-bond acceptors (Lipinski definition) is 5. The number of rotatable bonds is 7. The van der Waals surface area contributed by atoms with E-state index in [0.717, 1.165) is 44.7 Å². The molecule has 23 heavy (non-hydrogen) atoms. The largest absolute Gasteiger partial charge is 0.491 e. The summed E-state index contributed by atoms with van der Waals surface area (Å²) in [4.78, 5) is 2.41. The normalized spacial score (nSPS) is 17.9. The minimum Gasteiger partial charge on any atom is -0.491 e. The van der Waals surface area contributed by atoms with E-state index < -0.39 is 6.10 Å². The van der Waals surface area contributed by atoms with E-state index in [1.165, 1.54) is 6.42 Å². The number of aliphatic hydroxyl groups is 1. The lowest BCUT2D eigenvalue weighted by atomic mass is 10.1. The van der Waals surface area contributed by atoms with Gasteiger partial charge in [0, 0.05) is 19.6 Å². The zero-order chi connectivity index (χ0) is 16.7. The van der Waals surface area contributed by atoms with Crippen LogP contribution >= 0.6 is 0 Å². The highest BCUT2D eigenvalue weighted by molar-refractivity contribution is 5.54. The zero-order valence-electron chi connectivity index (χ0n) is 14.4. The van der Waals surface area contributed by atoms with Gasteiger partial charge < -0.3 is 25.8 Å². The maximum Gasteiger partial charge on any atom is 0.142 e. The Hall–Kier alpha value is -1.30. The van der Waals surface area contributed by atoms with Crippen molar-refractivity contribution < 1.29 is 9.84 Å². The van der Waals surface area contributed by atoms with E-state index in [4.69, 9.17) is 10.5 Å². The Morgan fingerprint density at radius 3 is 2.87 bits per heavy atom. The number of ether oxygens (including phenoxy) is 1. The molecule has 0 aliphatic carbocycles. The molecule has 0 bridgehead atoms. The van der Waals surface area contributed by atoms with Crippen LogP contribution < -0.4 is 15.8 Å². The molecule has 4 N–H and O–H groups in total. The third-order valence-electron chi connectivity index (χ3n) is 4.14. The van der Waals surface area contributed by atoms with Crippen molar-refractivity contribution in [3.63, 3.8) is 0 Å². The van der Waals surface area contributed by atoms with Crippen LogP contribution in [0.1, 0.15) is 38.4 Å². The molecule has 0 spiro atoms. The number of benzene rings is 1. The molecule has 1 heterocycles. The summed E-state index contributed by atoms with van der Waals surface area (Å²) in [6, 6.07) is 5.62. The van der Waals surface area contributed by atoms with Gasteiger partial charge in [-0.25, -0.2) is 0 Å². The van der Waals surface area contributed by atoms with Gasteiger partial charge in [0.05, 0.1) is 18.4 Å². The van der Waals surface area contributed by atoms with Crippen LogP contribution in [0.2, 0.25) is 0 Å². The number of nitrogen functional groups attached to an aromatic ring is 1. The molecule has 1 aromatic carbocycles. The number of hydrogen-bond donors (Lipinski definition) is 3. The summed E-state index contributed by atoms with van der Waals surface area (Å²) in [6.45, 7) is 10.0. The number of anilines is 1.